The van der Waals surface area contributed by atoms with Crippen LogP contribution in [0.15, 0.2) is 36.0 Å². The van der Waals surface area contributed by atoms with Crippen LogP contribution in [0.3, 0.4) is 0 Å². The van der Waals surface area contributed by atoms with E-state index in [1.807, 2.05) is 19.9 Å². The van der Waals surface area contributed by atoms with Gasteiger partial charge >= 0.3 is 6.03 Å². The summed E-state index contributed by atoms with van der Waals surface area (Å²) in [6.45, 7) is 8.08. The van der Waals surface area contributed by atoms with E-state index in [0.29, 0.717) is 11.6 Å². The first-order valence-corrected chi connectivity index (χ1v) is 8.56. The molecule has 2 heterocycles. The summed E-state index contributed by atoms with van der Waals surface area (Å²) in [6, 6.07) is 7.87. The first-order valence-electron chi connectivity index (χ1n) is 8.56. The fourth-order valence-electron chi connectivity index (χ4n) is 3.41. The van der Waals surface area contributed by atoms with Crippen LogP contribution >= 0.6 is 0 Å². The van der Waals surface area contributed by atoms with Gasteiger partial charge in [-0.3, -0.25) is 9.69 Å². The van der Waals surface area contributed by atoms with E-state index in [1.165, 1.54) is 6.07 Å². The molecule has 0 bridgehead atoms. The van der Waals surface area contributed by atoms with E-state index >= 15 is 0 Å². The van der Waals surface area contributed by atoms with Gasteiger partial charge in [0, 0.05) is 23.0 Å². The molecule has 136 valence electrons. The number of hydrogen-bond donors (Lipinski definition) is 1. The number of carbonyl (C=O) groups excluding carboxylic acids is 2. The van der Waals surface area contributed by atoms with E-state index < -0.39 is 17.8 Å². The van der Waals surface area contributed by atoms with Gasteiger partial charge in [-0.1, -0.05) is 18.2 Å². The fraction of sp³-hybridized carbons (Fsp3) is 0.300. The number of aryl methyl sites for hydroxylation is 1. The van der Waals surface area contributed by atoms with Crippen LogP contribution in [0.25, 0.3) is 6.08 Å². The highest BCUT2D eigenvalue weighted by Crippen LogP contribution is 2.24. The van der Waals surface area contributed by atoms with Gasteiger partial charge in [-0.15, -0.1) is 0 Å². The number of urea groups is 1. The van der Waals surface area contributed by atoms with Gasteiger partial charge in [-0.05, 0) is 51.5 Å². The number of nitrogens with one attached hydrogen (secondary N) is 1. The van der Waals surface area contributed by atoms with Crippen molar-refractivity contribution in [1.82, 2.24) is 14.8 Å². The minimum Gasteiger partial charge on any atom is -0.346 e. The fourth-order valence-corrected chi connectivity index (χ4v) is 3.41. The Balaban J connectivity index is 1.88. The lowest BCUT2D eigenvalue weighted by atomic mass is 10.2. The van der Waals surface area contributed by atoms with Gasteiger partial charge in [0.15, 0.2) is 0 Å². The molecule has 0 saturated carbocycles. The van der Waals surface area contributed by atoms with Crippen molar-refractivity contribution in [2.45, 2.75) is 40.3 Å². The Bertz CT molecular complexity index is 912. The second-order valence-electron chi connectivity index (χ2n) is 6.76. The highest BCUT2D eigenvalue weighted by atomic mass is 19.1. The first-order chi connectivity index (χ1) is 12.3. The van der Waals surface area contributed by atoms with Crippen molar-refractivity contribution >= 4 is 18.0 Å². The van der Waals surface area contributed by atoms with Crippen molar-refractivity contribution in [2.75, 3.05) is 0 Å². The maximum absolute atomic E-state index is 13.8. The molecule has 5 nitrogen and oxygen atoms in total. The Morgan fingerprint density at radius 2 is 1.88 bits per heavy atom. The Labute approximate surface area is 152 Å². The topological polar surface area (TPSA) is 54.3 Å². The Morgan fingerprint density at radius 1 is 1.19 bits per heavy atom. The van der Waals surface area contributed by atoms with Gasteiger partial charge in [0.1, 0.15) is 11.5 Å². The molecule has 0 atom stereocenters. The molecule has 1 N–H and O–H groups in total. The second kappa shape index (κ2) is 6.78. The average Bonchev–Trinajstić information content (AvgIpc) is 3.00. The number of halogens is 1. The molecule has 3 amide bonds. The third-order valence-electron chi connectivity index (χ3n) is 4.59. The van der Waals surface area contributed by atoms with Gasteiger partial charge in [-0.25, -0.2) is 9.18 Å². The molecule has 0 unspecified atom stereocenters. The van der Waals surface area contributed by atoms with Crippen LogP contribution in [0.4, 0.5) is 9.18 Å². The lowest BCUT2D eigenvalue weighted by molar-refractivity contribution is -0.123. The summed E-state index contributed by atoms with van der Waals surface area (Å²) < 4.78 is 16.0. The van der Waals surface area contributed by atoms with E-state index in [1.54, 1.807) is 24.3 Å². The Kier molecular flexibility index (Phi) is 4.68. The van der Waals surface area contributed by atoms with Crippen LogP contribution in [0.2, 0.25) is 0 Å². The molecule has 1 aliphatic rings. The number of nitrogens with zero attached hydrogens (tertiary/aromatic N) is 2. The molecule has 2 aromatic rings. The molecule has 1 aromatic carbocycles. The van der Waals surface area contributed by atoms with Gasteiger partial charge in [0.25, 0.3) is 5.91 Å². The number of benzene rings is 1. The molecule has 0 aliphatic carbocycles. The third-order valence-corrected chi connectivity index (χ3v) is 4.59. The van der Waals surface area contributed by atoms with E-state index in [2.05, 4.69) is 23.7 Å². The number of hydrogen-bond acceptors (Lipinski definition) is 2. The Hall–Kier alpha value is -2.89. The molecular weight excluding hydrogens is 333 g/mol. The lowest BCUT2D eigenvalue weighted by Crippen LogP contribution is -2.30. The predicted molar refractivity (Wildman–Crippen MR) is 97.7 cm³/mol. The minimum atomic E-state index is -0.540. The molecular formula is C20H22FN3O2. The zero-order chi connectivity index (χ0) is 19.0. The lowest BCUT2D eigenvalue weighted by Gasteiger charge is -2.13. The van der Waals surface area contributed by atoms with Gasteiger partial charge in [0.05, 0.1) is 6.54 Å². The summed E-state index contributed by atoms with van der Waals surface area (Å²) in [5.74, 6) is -0.890. The average molecular weight is 355 g/mol. The van der Waals surface area contributed by atoms with Crippen molar-refractivity contribution in [3.63, 3.8) is 0 Å². The standard InChI is InChI=1S/C20H22FN3O2/c1-12(2)24-13(3)9-16(14(24)4)10-18-19(25)23(20(26)22-18)11-15-7-5-6-8-17(15)21/h5-10,12H,11H2,1-4H3,(H,22,26)/b18-10-. The smallest absolute Gasteiger partial charge is 0.329 e. The zero-order valence-corrected chi connectivity index (χ0v) is 15.3. The zero-order valence-electron chi connectivity index (χ0n) is 15.3. The molecule has 1 aliphatic heterocycles. The highest BCUT2D eigenvalue weighted by Gasteiger charge is 2.34. The van der Waals surface area contributed by atoms with Crippen molar-refractivity contribution < 1.29 is 14.0 Å². The molecule has 0 radical (unpaired) electrons. The number of aromatic nitrogens is 1. The molecule has 6 heteroatoms. The highest BCUT2D eigenvalue weighted by molar-refractivity contribution is 6.13. The third kappa shape index (κ3) is 3.14. The predicted octanol–water partition coefficient (Wildman–Crippen LogP) is 3.92. The monoisotopic (exact) mass is 355 g/mol. The maximum Gasteiger partial charge on any atom is 0.329 e. The van der Waals surface area contributed by atoms with Gasteiger partial charge in [0.2, 0.25) is 0 Å². The van der Waals surface area contributed by atoms with E-state index in [4.69, 9.17) is 0 Å². The van der Waals surface area contributed by atoms with Crippen molar-refractivity contribution in [1.29, 1.82) is 0 Å². The van der Waals surface area contributed by atoms with E-state index in [9.17, 15) is 14.0 Å². The van der Waals surface area contributed by atoms with Crippen LogP contribution in [0.1, 0.15) is 42.4 Å². The van der Waals surface area contributed by atoms with Crippen LogP contribution in [-0.2, 0) is 11.3 Å². The SMILES string of the molecule is Cc1cc(/C=C2\NC(=O)N(Cc3ccccc3F)C2=O)c(C)n1C(C)C. The van der Waals surface area contributed by atoms with Gasteiger partial charge in [-0.2, -0.15) is 0 Å². The maximum atomic E-state index is 13.8. The number of carbonyl (C=O) groups is 2. The van der Waals surface area contributed by atoms with E-state index in [0.717, 1.165) is 21.9 Å². The summed E-state index contributed by atoms with van der Waals surface area (Å²) in [7, 11) is 0. The molecule has 1 saturated heterocycles. The van der Waals surface area contributed by atoms with Crippen LogP contribution in [-0.4, -0.2) is 21.4 Å². The first kappa shape index (κ1) is 17.9. The molecule has 1 aromatic heterocycles. The second-order valence-corrected chi connectivity index (χ2v) is 6.76. The van der Waals surface area contributed by atoms with E-state index in [-0.39, 0.29) is 12.2 Å². The number of amides is 3. The molecule has 1 fully saturated rings. The summed E-state index contributed by atoms with van der Waals surface area (Å²) in [5, 5.41) is 2.59. The molecule has 3 rings (SSSR count). The minimum absolute atomic E-state index is 0.0975. The van der Waals surface area contributed by atoms with Crippen molar-refractivity contribution in [2.24, 2.45) is 0 Å². The molecule has 26 heavy (non-hydrogen) atoms. The summed E-state index contributed by atoms with van der Waals surface area (Å²) in [4.78, 5) is 25.8. The summed E-state index contributed by atoms with van der Waals surface area (Å²) in [6.07, 6.45) is 1.68. The van der Waals surface area contributed by atoms with Crippen LogP contribution in [0, 0.1) is 19.7 Å². The van der Waals surface area contributed by atoms with Crippen LogP contribution < -0.4 is 5.32 Å². The van der Waals surface area contributed by atoms with Crippen molar-refractivity contribution in [3.8, 4) is 0 Å². The summed E-state index contributed by atoms with van der Waals surface area (Å²) in [5.41, 5.74) is 3.50. The summed E-state index contributed by atoms with van der Waals surface area (Å²) >= 11 is 0. The van der Waals surface area contributed by atoms with Crippen molar-refractivity contribution in [3.05, 3.63) is 64.4 Å². The quantitative estimate of drug-likeness (QED) is 0.668. The normalized spacial score (nSPS) is 16.1. The van der Waals surface area contributed by atoms with Gasteiger partial charge < -0.3 is 9.88 Å². The number of rotatable bonds is 4. The Morgan fingerprint density at radius 3 is 2.50 bits per heavy atom. The van der Waals surface area contributed by atoms with Crippen LogP contribution in [0.5, 0.6) is 0 Å². The number of imide groups is 1. The molecule has 0 spiro atoms. The largest absolute Gasteiger partial charge is 0.346 e.